The second-order valence-electron chi connectivity index (χ2n) is 4.29. The van der Waals surface area contributed by atoms with E-state index in [9.17, 15) is 8.42 Å². The van der Waals surface area contributed by atoms with Crippen molar-refractivity contribution in [3.05, 3.63) is 29.8 Å². The molecule has 0 fully saturated rings. The van der Waals surface area contributed by atoms with Crippen LogP contribution in [0.2, 0.25) is 0 Å². The molecule has 0 aromatic heterocycles. The first kappa shape index (κ1) is 15.3. The summed E-state index contributed by atoms with van der Waals surface area (Å²) in [6.45, 7) is 4.38. The Kier molecular flexibility index (Phi) is 5.96. The molecule has 5 heteroatoms. The molecule has 102 valence electrons. The molecule has 3 nitrogen and oxygen atoms in total. The van der Waals surface area contributed by atoms with Crippen molar-refractivity contribution in [1.29, 1.82) is 0 Å². The fraction of sp³-hybridized carbons (Fsp3) is 0.538. The van der Waals surface area contributed by atoms with E-state index >= 15 is 0 Å². The zero-order valence-electron chi connectivity index (χ0n) is 10.7. The summed E-state index contributed by atoms with van der Waals surface area (Å²) < 4.78 is 27.7. The Labute approximate surface area is 114 Å². The van der Waals surface area contributed by atoms with Crippen LogP contribution >= 0.6 is 10.7 Å². The lowest BCUT2D eigenvalue weighted by atomic mass is 10.1. The van der Waals surface area contributed by atoms with Gasteiger partial charge in [0.2, 0.25) is 9.05 Å². The van der Waals surface area contributed by atoms with Gasteiger partial charge in [-0.15, -0.1) is 0 Å². The highest BCUT2D eigenvalue weighted by atomic mass is 35.7. The van der Waals surface area contributed by atoms with Gasteiger partial charge in [-0.1, -0.05) is 26.0 Å². The van der Waals surface area contributed by atoms with Gasteiger partial charge >= 0.3 is 0 Å². The lowest BCUT2D eigenvalue weighted by Crippen LogP contribution is -2.19. The number of halogens is 1. The Bertz CT molecular complexity index is 471. The predicted octanol–water partition coefficient (Wildman–Crippen LogP) is 3.22. The molecule has 0 saturated heterocycles. The maximum Gasteiger partial charge on any atom is 0.232 e. The minimum Gasteiger partial charge on any atom is -0.493 e. The minimum atomic E-state index is -3.46. The fourth-order valence-electron chi connectivity index (χ4n) is 1.63. The van der Waals surface area contributed by atoms with E-state index in [1.54, 1.807) is 0 Å². The SMILES string of the molecule is CCc1cccc(OCC(CC)CS(=O)(=O)Cl)c1. The van der Waals surface area contributed by atoms with E-state index in [1.807, 2.05) is 31.2 Å². The Morgan fingerprint density at radius 3 is 2.61 bits per heavy atom. The summed E-state index contributed by atoms with van der Waals surface area (Å²) in [4.78, 5) is 0. The standard InChI is InChI=1S/C13H19ClO3S/c1-3-11-6-5-7-13(8-11)17-9-12(4-2)10-18(14,15)16/h5-8,12H,3-4,9-10H2,1-2H3. The number of hydrogen-bond donors (Lipinski definition) is 0. The van der Waals surface area contributed by atoms with Crippen LogP contribution in [-0.2, 0) is 15.5 Å². The van der Waals surface area contributed by atoms with Crippen molar-refractivity contribution in [2.45, 2.75) is 26.7 Å². The van der Waals surface area contributed by atoms with Crippen molar-refractivity contribution in [3.63, 3.8) is 0 Å². The number of aryl methyl sites for hydroxylation is 1. The highest BCUT2D eigenvalue weighted by Gasteiger charge is 2.16. The molecular weight excluding hydrogens is 272 g/mol. The largest absolute Gasteiger partial charge is 0.493 e. The van der Waals surface area contributed by atoms with E-state index in [0.717, 1.165) is 18.6 Å². The molecule has 1 atom stereocenters. The van der Waals surface area contributed by atoms with Gasteiger partial charge < -0.3 is 4.74 Å². The van der Waals surface area contributed by atoms with Gasteiger partial charge in [-0.05, 0) is 30.5 Å². The zero-order chi connectivity index (χ0) is 13.6. The first-order valence-corrected chi connectivity index (χ1v) is 8.56. The molecule has 1 unspecified atom stereocenters. The van der Waals surface area contributed by atoms with Gasteiger partial charge in [-0.2, -0.15) is 0 Å². The third-order valence-corrected chi connectivity index (χ3v) is 4.05. The number of rotatable bonds is 7. The Morgan fingerprint density at radius 1 is 1.33 bits per heavy atom. The van der Waals surface area contributed by atoms with E-state index in [0.29, 0.717) is 6.61 Å². The highest BCUT2D eigenvalue weighted by molar-refractivity contribution is 8.13. The molecular formula is C13H19ClO3S. The maximum atomic E-state index is 11.0. The van der Waals surface area contributed by atoms with Crippen molar-refractivity contribution in [1.82, 2.24) is 0 Å². The highest BCUT2D eigenvalue weighted by Crippen LogP contribution is 2.17. The van der Waals surface area contributed by atoms with Gasteiger partial charge in [0.1, 0.15) is 5.75 Å². The van der Waals surface area contributed by atoms with Crippen LogP contribution in [0, 0.1) is 5.92 Å². The first-order chi connectivity index (χ1) is 8.44. The third kappa shape index (κ3) is 5.74. The van der Waals surface area contributed by atoms with Crippen molar-refractivity contribution < 1.29 is 13.2 Å². The van der Waals surface area contributed by atoms with Crippen LogP contribution in [0.5, 0.6) is 5.75 Å². The summed E-state index contributed by atoms with van der Waals surface area (Å²) in [5.41, 5.74) is 1.20. The Hall–Kier alpha value is -0.740. The Morgan fingerprint density at radius 2 is 2.06 bits per heavy atom. The van der Waals surface area contributed by atoms with Gasteiger partial charge in [-0.3, -0.25) is 0 Å². The molecule has 0 aliphatic heterocycles. The van der Waals surface area contributed by atoms with Gasteiger partial charge in [-0.25, -0.2) is 8.42 Å². The second kappa shape index (κ2) is 7.00. The van der Waals surface area contributed by atoms with Crippen molar-refractivity contribution in [2.24, 2.45) is 5.92 Å². The molecule has 0 bridgehead atoms. The number of hydrogen-bond acceptors (Lipinski definition) is 3. The van der Waals surface area contributed by atoms with Crippen molar-refractivity contribution in [2.75, 3.05) is 12.4 Å². The van der Waals surface area contributed by atoms with E-state index in [1.165, 1.54) is 5.56 Å². The lowest BCUT2D eigenvalue weighted by Gasteiger charge is -2.14. The maximum absolute atomic E-state index is 11.0. The molecule has 0 heterocycles. The molecule has 1 rings (SSSR count). The molecule has 0 amide bonds. The van der Waals surface area contributed by atoms with E-state index in [-0.39, 0.29) is 11.7 Å². The van der Waals surface area contributed by atoms with Crippen LogP contribution in [0.3, 0.4) is 0 Å². The fourth-order valence-corrected chi connectivity index (χ4v) is 3.06. The lowest BCUT2D eigenvalue weighted by molar-refractivity contribution is 0.258. The van der Waals surface area contributed by atoms with Crippen LogP contribution in [0.1, 0.15) is 25.8 Å². The van der Waals surface area contributed by atoms with E-state index in [2.05, 4.69) is 6.92 Å². The molecule has 0 N–H and O–H groups in total. The van der Waals surface area contributed by atoms with Crippen LogP contribution in [0.15, 0.2) is 24.3 Å². The summed E-state index contributed by atoms with van der Waals surface area (Å²) >= 11 is 0. The molecule has 0 spiro atoms. The molecule has 1 aromatic carbocycles. The van der Waals surface area contributed by atoms with E-state index < -0.39 is 9.05 Å². The Balaban J connectivity index is 2.56. The van der Waals surface area contributed by atoms with Crippen LogP contribution in [0.4, 0.5) is 0 Å². The monoisotopic (exact) mass is 290 g/mol. The smallest absolute Gasteiger partial charge is 0.232 e. The topological polar surface area (TPSA) is 43.4 Å². The average Bonchev–Trinajstić information content (AvgIpc) is 2.33. The van der Waals surface area contributed by atoms with Gasteiger partial charge in [0, 0.05) is 16.6 Å². The third-order valence-electron chi connectivity index (χ3n) is 2.80. The molecule has 0 aliphatic rings. The first-order valence-electron chi connectivity index (χ1n) is 6.08. The molecule has 18 heavy (non-hydrogen) atoms. The second-order valence-corrected chi connectivity index (χ2v) is 7.11. The van der Waals surface area contributed by atoms with Crippen LogP contribution in [-0.4, -0.2) is 20.8 Å². The van der Waals surface area contributed by atoms with E-state index in [4.69, 9.17) is 15.4 Å². The molecule has 0 saturated carbocycles. The quantitative estimate of drug-likeness (QED) is 0.724. The summed E-state index contributed by atoms with van der Waals surface area (Å²) in [7, 11) is 1.79. The van der Waals surface area contributed by atoms with Crippen molar-refractivity contribution >= 4 is 19.7 Å². The molecule has 1 aromatic rings. The zero-order valence-corrected chi connectivity index (χ0v) is 12.3. The molecule has 0 aliphatic carbocycles. The summed E-state index contributed by atoms with van der Waals surface area (Å²) in [6.07, 6.45) is 1.67. The summed E-state index contributed by atoms with van der Waals surface area (Å²) in [5, 5.41) is 0. The predicted molar refractivity (Wildman–Crippen MR) is 74.7 cm³/mol. The van der Waals surface area contributed by atoms with Crippen molar-refractivity contribution in [3.8, 4) is 5.75 Å². The van der Waals surface area contributed by atoms with Gasteiger partial charge in [0.25, 0.3) is 0 Å². The minimum absolute atomic E-state index is 0.0431. The van der Waals surface area contributed by atoms with Crippen LogP contribution < -0.4 is 4.74 Å². The average molecular weight is 291 g/mol. The summed E-state index contributed by atoms with van der Waals surface area (Å²) in [5.74, 6) is 0.663. The van der Waals surface area contributed by atoms with Crippen LogP contribution in [0.25, 0.3) is 0 Å². The number of ether oxygens (including phenoxy) is 1. The normalized spacial score (nSPS) is 13.3. The summed E-state index contributed by atoms with van der Waals surface area (Å²) in [6, 6.07) is 7.82. The number of benzene rings is 1. The van der Waals surface area contributed by atoms with Gasteiger partial charge in [0.05, 0.1) is 12.4 Å². The molecule has 0 radical (unpaired) electrons. The van der Waals surface area contributed by atoms with Gasteiger partial charge in [0.15, 0.2) is 0 Å².